The summed E-state index contributed by atoms with van der Waals surface area (Å²) in [5.74, 6) is -0.753. The Kier molecular flexibility index (Phi) is 5.08. The SMILES string of the molecule is CCOC1CC(N)(C(=O)NCC(O)c2cccc(F)c2)C1(C)C. The third-order valence-corrected chi connectivity index (χ3v) is 4.92. The Bertz CT molecular complexity index is 579. The summed E-state index contributed by atoms with van der Waals surface area (Å²) in [6.07, 6.45) is -0.601. The lowest BCUT2D eigenvalue weighted by Crippen LogP contribution is -2.75. The first kappa shape index (κ1) is 17.8. The molecule has 23 heavy (non-hydrogen) atoms. The van der Waals surface area contributed by atoms with Crippen LogP contribution >= 0.6 is 0 Å². The molecule has 3 unspecified atom stereocenters. The lowest BCUT2D eigenvalue weighted by Gasteiger charge is -2.57. The Morgan fingerprint density at radius 3 is 2.83 bits per heavy atom. The van der Waals surface area contributed by atoms with Crippen molar-refractivity contribution in [2.45, 2.75) is 44.9 Å². The summed E-state index contributed by atoms with van der Waals surface area (Å²) >= 11 is 0. The number of carbonyl (C=O) groups excluding carboxylic acids is 1. The van der Waals surface area contributed by atoms with E-state index in [0.717, 1.165) is 0 Å². The fraction of sp³-hybridized carbons (Fsp3) is 0.588. The fourth-order valence-corrected chi connectivity index (χ4v) is 3.00. The molecule has 128 valence electrons. The molecule has 1 aliphatic rings. The second-order valence-electron chi connectivity index (χ2n) is 6.62. The molecule has 1 amide bonds. The van der Waals surface area contributed by atoms with Gasteiger partial charge in [-0.1, -0.05) is 26.0 Å². The van der Waals surface area contributed by atoms with Gasteiger partial charge in [0.1, 0.15) is 11.4 Å². The normalized spacial score (nSPS) is 27.1. The van der Waals surface area contributed by atoms with Gasteiger partial charge in [-0.25, -0.2) is 4.39 Å². The van der Waals surface area contributed by atoms with Gasteiger partial charge in [-0.15, -0.1) is 0 Å². The summed E-state index contributed by atoms with van der Waals surface area (Å²) in [6.45, 7) is 6.27. The quantitative estimate of drug-likeness (QED) is 0.740. The van der Waals surface area contributed by atoms with E-state index in [1.165, 1.54) is 18.2 Å². The van der Waals surface area contributed by atoms with Gasteiger partial charge in [0, 0.05) is 25.0 Å². The van der Waals surface area contributed by atoms with Crippen LogP contribution in [0.3, 0.4) is 0 Å². The lowest BCUT2D eigenvalue weighted by atomic mass is 9.54. The number of halogens is 1. The molecule has 1 aromatic carbocycles. The average molecular weight is 324 g/mol. The third kappa shape index (κ3) is 3.24. The number of aliphatic hydroxyl groups excluding tert-OH is 1. The van der Waals surface area contributed by atoms with Gasteiger partial charge in [-0.05, 0) is 24.6 Å². The van der Waals surface area contributed by atoms with Gasteiger partial charge >= 0.3 is 0 Å². The van der Waals surface area contributed by atoms with Crippen molar-refractivity contribution in [2.24, 2.45) is 11.1 Å². The molecule has 0 aromatic heterocycles. The molecule has 0 radical (unpaired) electrons. The minimum absolute atomic E-state index is 0.0172. The molecule has 1 aliphatic carbocycles. The predicted octanol–water partition coefficient (Wildman–Crippen LogP) is 1.51. The highest BCUT2D eigenvalue weighted by Gasteiger charge is 2.62. The molecule has 0 aliphatic heterocycles. The maximum Gasteiger partial charge on any atom is 0.240 e. The molecule has 1 aromatic rings. The number of hydrogen-bond donors (Lipinski definition) is 3. The van der Waals surface area contributed by atoms with Gasteiger partial charge in [0.25, 0.3) is 0 Å². The number of carbonyl (C=O) groups is 1. The highest BCUT2D eigenvalue weighted by Crippen LogP contribution is 2.49. The van der Waals surface area contributed by atoms with Crippen LogP contribution in [0.5, 0.6) is 0 Å². The van der Waals surface area contributed by atoms with Crippen LogP contribution in [0.4, 0.5) is 4.39 Å². The molecular weight excluding hydrogens is 299 g/mol. The second-order valence-corrected chi connectivity index (χ2v) is 6.62. The van der Waals surface area contributed by atoms with E-state index in [1.54, 1.807) is 6.07 Å². The smallest absolute Gasteiger partial charge is 0.240 e. The van der Waals surface area contributed by atoms with Crippen molar-refractivity contribution in [3.05, 3.63) is 35.6 Å². The van der Waals surface area contributed by atoms with Crippen LogP contribution in [-0.2, 0) is 9.53 Å². The van der Waals surface area contributed by atoms with E-state index in [-0.39, 0.29) is 18.6 Å². The van der Waals surface area contributed by atoms with Gasteiger partial charge < -0.3 is 20.9 Å². The average Bonchev–Trinajstić information content (AvgIpc) is 2.51. The Morgan fingerprint density at radius 1 is 1.57 bits per heavy atom. The number of aliphatic hydroxyl groups is 1. The van der Waals surface area contributed by atoms with E-state index >= 15 is 0 Å². The fourth-order valence-electron chi connectivity index (χ4n) is 3.00. The minimum Gasteiger partial charge on any atom is -0.387 e. The molecule has 3 atom stereocenters. The van der Waals surface area contributed by atoms with E-state index in [1.807, 2.05) is 20.8 Å². The highest BCUT2D eigenvalue weighted by molar-refractivity contribution is 5.88. The molecule has 0 saturated heterocycles. The number of rotatable bonds is 6. The first-order valence-corrected chi connectivity index (χ1v) is 7.84. The van der Waals surface area contributed by atoms with Crippen LogP contribution in [0, 0.1) is 11.2 Å². The van der Waals surface area contributed by atoms with Crippen LogP contribution in [0.1, 0.15) is 38.9 Å². The van der Waals surface area contributed by atoms with Crippen LogP contribution in [0.15, 0.2) is 24.3 Å². The number of benzene rings is 1. The Balaban J connectivity index is 1.95. The first-order valence-electron chi connectivity index (χ1n) is 7.84. The molecule has 0 heterocycles. The largest absolute Gasteiger partial charge is 0.387 e. The molecular formula is C17H25FN2O3. The predicted molar refractivity (Wildman–Crippen MR) is 85.1 cm³/mol. The zero-order valence-corrected chi connectivity index (χ0v) is 13.8. The second kappa shape index (κ2) is 6.55. The van der Waals surface area contributed by atoms with Crippen molar-refractivity contribution >= 4 is 5.91 Å². The Morgan fingerprint density at radius 2 is 2.26 bits per heavy atom. The number of nitrogens with one attached hydrogen (secondary N) is 1. The van der Waals surface area contributed by atoms with Crippen molar-refractivity contribution in [1.29, 1.82) is 0 Å². The summed E-state index contributed by atoms with van der Waals surface area (Å²) < 4.78 is 18.8. The Labute approximate surface area is 136 Å². The Hall–Kier alpha value is -1.50. The summed E-state index contributed by atoms with van der Waals surface area (Å²) in [5.41, 5.74) is 5.15. The van der Waals surface area contributed by atoms with E-state index in [0.29, 0.717) is 18.6 Å². The van der Waals surface area contributed by atoms with Crippen molar-refractivity contribution in [3.8, 4) is 0 Å². The maximum atomic E-state index is 13.2. The van der Waals surface area contributed by atoms with E-state index < -0.39 is 22.9 Å². The molecule has 6 heteroatoms. The molecule has 1 fully saturated rings. The van der Waals surface area contributed by atoms with Crippen LogP contribution in [-0.4, -0.2) is 35.8 Å². The van der Waals surface area contributed by atoms with E-state index in [4.69, 9.17) is 10.5 Å². The topological polar surface area (TPSA) is 84.6 Å². The molecule has 1 saturated carbocycles. The van der Waals surface area contributed by atoms with E-state index in [9.17, 15) is 14.3 Å². The summed E-state index contributed by atoms with van der Waals surface area (Å²) in [4.78, 5) is 12.4. The molecule has 2 rings (SSSR count). The van der Waals surface area contributed by atoms with Crippen molar-refractivity contribution in [1.82, 2.24) is 5.32 Å². The van der Waals surface area contributed by atoms with Gasteiger partial charge in [0.2, 0.25) is 5.91 Å². The molecule has 0 bridgehead atoms. The molecule has 5 nitrogen and oxygen atoms in total. The van der Waals surface area contributed by atoms with Crippen LogP contribution < -0.4 is 11.1 Å². The van der Waals surface area contributed by atoms with Crippen LogP contribution in [0.25, 0.3) is 0 Å². The first-order chi connectivity index (χ1) is 10.7. The third-order valence-electron chi connectivity index (χ3n) is 4.92. The van der Waals surface area contributed by atoms with E-state index in [2.05, 4.69) is 5.32 Å². The van der Waals surface area contributed by atoms with Crippen molar-refractivity contribution in [3.63, 3.8) is 0 Å². The summed E-state index contributed by atoms with van der Waals surface area (Å²) in [6, 6.07) is 5.67. The maximum absolute atomic E-state index is 13.2. The minimum atomic E-state index is -1.03. The number of nitrogens with two attached hydrogens (primary N) is 1. The van der Waals surface area contributed by atoms with Gasteiger partial charge in [0.05, 0.1) is 12.2 Å². The lowest BCUT2D eigenvalue weighted by molar-refractivity contribution is -0.170. The highest BCUT2D eigenvalue weighted by atomic mass is 19.1. The van der Waals surface area contributed by atoms with Crippen molar-refractivity contribution < 1.29 is 19.0 Å². The summed E-state index contributed by atoms with van der Waals surface area (Å²) in [7, 11) is 0. The monoisotopic (exact) mass is 324 g/mol. The van der Waals surface area contributed by atoms with Gasteiger partial charge in [-0.3, -0.25) is 4.79 Å². The molecule has 0 spiro atoms. The van der Waals surface area contributed by atoms with Gasteiger partial charge in [0.15, 0.2) is 0 Å². The zero-order chi connectivity index (χ0) is 17.3. The van der Waals surface area contributed by atoms with Gasteiger partial charge in [-0.2, -0.15) is 0 Å². The number of ether oxygens (including phenoxy) is 1. The zero-order valence-electron chi connectivity index (χ0n) is 13.8. The standard InChI is InChI=1S/C17H25FN2O3/c1-4-23-14-9-17(19,16(14,2)3)15(22)20-10-13(21)11-6-5-7-12(18)8-11/h5-8,13-14,21H,4,9-10,19H2,1-3H3,(H,20,22). The van der Waals surface area contributed by atoms with Crippen LogP contribution in [0.2, 0.25) is 0 Å². The summed E-state index contributed by atoms with van der Waals surface area (Å²) in [5, 5.41) is 12.7. The van der Waals surface area contributed by atoms with Crippen molar-refractivity contribution in [2.75, 3.05) is 13.2 Å². The number of hydrogen-bond acceptors (Lipinski definition) is 4. The number of amides is 1. The molecule has 4 N–H and O–H groups in total.